The number of aromatic nitrogens is 1. The molecule has 0 spiro atoms. The molecular formula is C23H22Cl2FN5O2S. The number of thiazole rings is 1. The van der Waals surface area contributed by atoms with Gasteiger partial charge in [-0.15, -0.1) is 11.3 Å². The third-order valence-corrected chi connectivity index (χ3v) is 6.85. The fourth-order valence-corrected chi connectivity index (χ4v) is 4.50. The first-order valence-electron chi connectivity index (χ1n) is 10.6. The molecule has 11 heteroatoms. The maximum absolute atomic E-state index is 13.7. The maximum Gasteiger partial charge on any atom is 0.273 e. The van der Waals surface area contributed by atoms with Gasteiger partial charge in [0.25, 0.3) is 5.91 Å². The second-order valence-electron chi connectivity index (χ2n) is 7.73. The van der Waals surface area contributed by atoms with Crippen LogP contribution in [0.25, 0.3) is 0 Å². The standard InChI is InChI=1S/C23H22Cl2FN5O2S/c24-17-6-5-16(11-18(17)25)28-23-29-20(14-34-23)22(33)31-9-7-30(8-10-31)13-21(32)27-12-15-3-1-2-4-19(15)26/h1-6,11,14H,7-10,12-13H2,(H,27,32)(H,28,29). The molecule has 7 nitrogen and oxygen atoms in total. The van der Waals surface area contributed by atoms with E-state index in [9.17, 15) is 14.0 Å². The highest BCUT2D eigenvalue weighted by Crippen LogP contribution is 2.28. The maximum atomic E-state index is 13.7. The predicted molar refractivity (Wildman–Crippen MR) is 132 cm³/mol. The second kappa shape index (κ2) is 11.1. The van der Waals surface area contributed by atoms with Crippen LogP contribution < -0.4 is 10.6 Å². The van der Waals surface area contributed by atoms with E-state index in [2.05, 4.69) is 15.6 Å². The van der Waals surface area contributed by atoms with Crippen LogP contribution in [-0.2, 0) is 11.3 Å². The van der Waals surface area contributed by atoms with Crippen molar-refractivity contribution < 1.29 is 14.0 Å². The Morgan fingerprint density at radius 2 is 1.82 bits per heavy atom. The molecule has 2 amide bonds. The van der Waals surface area contributed by atoms with E-state index in [0.29, 0.717) is 52.6 Å². The van der Waals surface area contributed by atoms with Gasteiger partial charge in [0, 0.05) is 49.4 Å². The molecule has 1 fully saturated rings. The minimum Gasteiger partial charge on any atom is -0.351 e. The summed E-state index contributed by atoms with van der Waals surface area (Å²) in [5.41, 5.74) is 1.54. The first kappa shape index (κ1) is 24.4. The smallest absolute Gasteiger partial charge is 0.273 e. The number of carbonyl (C=O) groups excluding carboxylic acids is 2. The summed E-state index contributed by atoms with van der Waals surface area (Å²) in [7, 11) is 0. The number of piperazine rings is 1. The highest BCUT2D eigenvalue weighted by molar-refractivity contribution is 7.14. The van der Waals surface area contributed by atoms with Gasteiger partial charge < -0.3 is 15.5 Å². The van der Waals surface area contributed by atoms with Crippen molar-refractivity contribution >= 4 is 57.2 Å². The van der Waals surface area contributed by atoms with Crippen LogP contribution in [-0.4, -0.2) is 59.3 Å². The largest absolute Gasteiger partial charge is 0.351 e. The average molecular weight is 522 g/mol. The lowest BCUT2D eigenvalue weighted by atomic mass is 10.2. The zero-order chi connectivity index (χ0) is 24.1. The number of anilines is 2. The van der Waals surface area contributed by atoms with Crippen molar-refractivity contribution in [2.24, 2.45) is 0 Å². The molecule has 0 aliphatic carbocycles. The topological polar surface area (TPSA) is 77.6 Å². The third-order valence-electron chi connectivity index (χ3n) is 5.35. The minimum absolute atomic E-state index is 0.145. The van der Waals surface area contributed by atoms with Crippen molar-refractivity contribution in [3.63, 3.8) is 0 Å². The van der Waals surface area contributed by atoms with E-state index in [1.165, 1.54) is 17.4 Å². The van der Waals surface area contributed by atoms with Gasteiger partial charge >= 0.3 is 0 Å². The molecule has 0 bridgehead atoms. The van der Waals surface area contributed by atoms with Crippen molar-refractivity contribution in [1.29, 1.82) is 0 Å². The summed E-state index contributed by atoms with van der Waals surface area (Å²) in [6, 6.07) is 11.5. The number of carbonyl (C=O) groups is 2. The Morgan fingerprint density at radius 3 is 2.56 bits per heavy atom. The molecule has 2 heterocycles. The Balaban J connectivity index is 1.24. The molecule has 1 aliphatic rings. The zero-order valence-electron chi connectivity index (χ0n) is 18.1. The summed E-state index contributed by atoms with van der Waals surface area (Å²) in [5.74, 6) is -0.671. The van der Waals surface area contributed by atoms with E-state index in [0.717, 1.165) is 5.69 Å². The van der Waals surface area contributed by atoms with Crippen molar-refractivity contribution in [1.82, 2.24) is 20.1 Å². The molecule has 34 heavy (non-hydrogen) atoms. The molecule has 178 valence electrons. The van der Waals surface area contributed by atoms with Crippen LogP contribution >= 0.6 is 34.5 Å². The van der Waals surface area contributed by atoms with Gasteiger partial charge in [-0.2, -0.15) is 0 Å². The Hall–Kier alpha value is -2.72. The monoisotopic (exact) mass is 521 g/mol. The van der Waals surface area contributed by atoms with E-state index in [-0.39, 0.29) is 30.7 Å². The van der Waals surface area contributed by atoms with Gasteiger partial charge in [0.05, 0.1) is 16.6 Å². The summed E-state index contributed by atoms with van der Waals surface area (Å²) in [5, 5.41) is 9.05. The molecule has 1 aromatic heterocycles. The van der Waals surface area contributed by atoms with E-state index in [1.54, 1.807) is 46.7 Å². The van der Waals surface area contributed by atoms with E-state index in [1.807, 2.05) is 4.90 Å². The number of halogens is 3. The number of amides is 2. The molecule has 1 aliphatic heterocycles. The molecule has 2 aromatic carbocycles. The molecule has 2 N–H and O–H groups in total. The molecule has 0 radical (unpaired) electrons. The Labute approximate surface area is 210 Å². The summed E-state index contributed by atoms with van der Waals surface area (Å²) in [4.78, 5) is 33.2. The second-order valence-corrected chi connectivity index (χ2v) is 9.40. The summed E-state index contributed by atoms with van der Waals surface area (Å²) in [6.45, 7) is 2.46. The lowest BCUT2D eigenvalue weighted by Gasteiger charge is -2.33. The summed E-state index contributed by atoms with van der Waals surface area (Å²) < 4.78 is 13.7. The SMILES string of the molecule is O=C(CN1CCN(C(=O)c2csc(Nc3ccc(Cl)c(Cl)c3)n2)CC1)NCc1ccccc1F. The molecular weight excluding hydrogens is 500 g/mol. The molecule has 0 saturated carbocycles. The van der Waals surface area contributed by atoms with Gasteiger partial charge in [0.1, 0.15) is 11.5 Å². The molecule has 0 unspecified atom stereocenters. The van der Waals surface area contributed by atoms with Crippen LogP contribution in [0.5, 0.6) is 0 Å². The van der Waals surface area contributed by atoms with Gasteiger partial charge in [-0.1, -0.05) is 41.4 Å². The van der Waals surface area contributed by atoms with Gasteiger partial charge in [0.15, 0.2) is 5.13 Å². The lowest BCUT2D eigenvalue weighted by Crippen LogP contribution is -2.51. The first-order valence-corrected chi connectivity index (χ1v) is 12.2. The van der Waals surface area contributed by atoms with Crippen LogP contribution in [0.15, 0.2) is 47.8 Å². The number of hydrogen-bond acceptors (Lipinski definition) is 6. The summed E-state index contributed by atoms with van der Waals surface area (Å²) >= 11 is 13.3. The molecule has 1 saturated heterocycles. The number of nitrogens with zero attached hydrogens (tertiary/aromatic N) is 3. The van der Waals surface area contributed by atoms with E-state index in [4.69, 9.17) is 23.2 Å². The molecule has 0 atom stereocenters. The van der Waals surface area contributed by atoms with Crippen molar-refractivity contribution in [2.45, 2.75) is 6.54 Å². The number of benzene rings is 2. The quantitative estimate of drug-likeness (QED) is 0.481. The van der Waals surface area contributed by atoms with Crippen molar-refractivity contribution in [3.05, 3.63) is 75.0 Å². The average Bonchev–Trinajstić information content (AvgIpc) is 3.29. The van der Waals surface area contributed by atoms with E-state index < -0.39 is 0 Å². The van der Waals surface area contributed by atoms with Crippen molar-refractivity contribution in [3.8, 4) is 0 Å². The molecule has 4 rings (SSSR count). The van der Waals surface area contributed by atoms with E-state index >= 15 is 0 Å². The predicted octanol–water partition coefficient (Wildman–Crippen LogP) is 4.41. The zero-order valence-corrected chi connectivity index (χ0v) is 20.4. The number of rotatable bonds is 7. The normalized spacial score (nSPS) is 14.1. The Bertz CT molecular complexity index is 1180. The minimum atomic E-state index is -0.340. The van der Waals surface area contributed by atoms with Gasteiger partial charge in [-0.05, 0) is 24.3 Å². The fraction of sp³-hybridized carbons (Fsp3) is 0.261. The Kier molecular flexibility index (Phi) is 7.99. The van der Waals surface area contributed by atoms with Crippen molar-refractivity contribution in [2.75, 3.05) is 38.0 Å². The number of hydrogen-bond donors (Lipinski definition) is 2. The van der Waals surface area contributed by atoms with Crippen LogP contribution in [0.1, 0.15) is 16.1 Å². The Morgan fingerprint density at radius 1 is 1.06 bits per heavy atom. The lowest BCUT2D eigenvalue weighted by molar-refractivity contribution is -0.122. The fourth-order valence-electron chi connectivity index (χ4n) is 3.49. The van der Waals surface area contributed by atoms with Gasteiger partial charge in [-0.3, -0.25) is 14.5 Å². The highest BCUT2D eigenvalue weighted by Gasteiger charge is 2.25. The van der Waals surface area contributed by atoms with Gasteiger partial charge in [-0.25, -0.2) is 9.37 Å². The third kappa shape index (κ3) is 6.24. The van der Waals surface area contributed by atoms with Crippen LogP contribution in [0, 0.1) is 5.82 Å². The highest BCUT2D eigenvalue weighted by atomic mass is 35.5. The summed E-state index contributed by atoms with van der Waals surface area (Å²) in [6.07, 6.45) is 0. The van der Waals surface area contributed by atoms with Crippen LogP contribution in [0.3, 0.4) is 0 Å². The molecule has 3 aromatic rings. The first-order chi connectivity index (χ1) is 16.4. The van der Waals surface area contributed by atoms with Crippen LogP contribution in [0.2, 0.25) is 10.0 Å². The van der Waals surface area contributed by atoms with Gasteiger partial charge in [0.2, 0.25) is 5.91 Å². The van der Waals surface area contributed by atoms with Crippen LogP contribution in [0.4, 0.5) is 15.2 Å². The number of nitrogens with one attached hydrogen (secondary N) is 2.